The Hall–Kier alpha value is -1.05. The highest BCUT2D eigenvalue weighted by Crippen LogP contribution is 2.38. The van der Waals surface area contributed by atoms with Crippen LogP contribution >= 0.6 is 0 Å². The molecule has 64 valence electrons. The highest BCUT2D eigenvalue weighted by Gasteiger charge is 2.29. The molecule has 0 atom stereocenters. The zero-order chi connectivity index (χ0) is 8.77. The summed E-state index contributed by atoms with van der Waals surface area (Å²) >= 11 is 0. The van der Waals surface area contributed by atoms with E-state index in [4.69, 9.17) is 5.73 Å². The van der Waals surface area contributed by atoms with Crippen LogP contribution in [0.5, 0.6) is 0 Å². The van der Waals surface area contributed by atoms with E-state index in [0.29, 0.717) is 11.2 Å². The first-order chi connectivity index (χ1) is 5.59. The van der Waals surface area contributed by atoms with Crippen LogP contribution in [0.25, 0.3) is 0 Å². The fourth-order valence-electron chi connectivity index (χ4n) is 1.91. The van der Waals surface area contributed by atoms with E-state index in [1.807, 2.05) is 12.3 Å². The van der Waals surface area contributed by atoms with E-state index in [2.05, 4.69) is 18.8 Å². The van der Waals surface area contributed by atoms with Crippen LogP contribution in [0, 0.1) is 0 Å². The number of hydrogen-bond acceptors (Lipinski definition) is 2. The molecule has 2 N–H and O–H groups in total. The van der Waals surface area contributed by atoms with Crippen molar-refractivity contribution in [1.82, 2.24) is 4.98 Å². The number of hydrogen-bond donors (Lipinski definition) is 1. The second kappa shape index (κ2) is 2.22. The summed E-state index contributed by atoms with van der Waals surface area (Å²) in [5, 5.41) is 0. The molecule has 0 fully saturated rings. The maximum atomic E-state index is 5.64. The zero-order valence-electron chi connectivity index (χ0n) is 7.59. The molecule has 0 spiro atoms. The minimum absolute atomic E-state index is 0.298. The molecule has 1 aromatic rings. The molecular weight excluding hydrogens is 148 g/mol. The van der Waals surface area contributed by atoms with Crippen LogP contribution in [0.2, 0.25) is 0 Å². The number of nitrogen functional groups attached to an aromatic ring is 1. The highest BCUT2D eigenvalue weighted by molar-refractivity contribution is 5.44. The van der Waals surface area contributed by atoms with Gasteiger partial charge in [-0.3, -0.25) is 0 Å². The fourth-order valence-corrected chi connectivity index (χ4v) is 1.91. The van der Waals surface area contributed by atoms with Crippen molar-refractivity contribution in [3.8, 4) is 0 Å². The van der Waals surface area contributed by atoms with Crippen LogP contribution in [-0.4, -0.2) is 4.98 Å². The third kappa shape index (κ3) is 0.986. The van der Waals surface area contributed by atoms with Gasteiger partial charge in [0.1, 0.15) is 5.82 Å². The van der Waals surface area contributed by atoms with Crippen LogP contribution in [0.4, 0.5) is 5.82 Å². The van der Waals surface area contributed by atoms with Gasteiger partial charge in [-0.15, -0.1) is 0 Å². The predicted octanol–water partition coefficient (Wildman–Crippen LogP) is 1.89. The molecule has 0 saturated heterocycles. The molecule has 0 aliphatic heterocycles. The number of nitrogens with two attached hydrogens (primary N) is 1. The van der Waals surface area contributed by atoms with Crippen LogP contribution in [0.15, 0.2) is 12.3 Å². The molecule has 1 aromatic heterocycles. The molecule has 2 heteroatoms. The normalized spacial score (nSPS) is 19.2. The van der Waals surface area contributed by atoms with Gasteiger partial charge in [0.05, 0.1) is 0 Å². The summed E-state index contributed by atoms with van der Waals surface area (Å²) in [6.07, 6.45) is 4.28. The average molecular weight is 162 g/mol. The SMILES string of the molecule is CC1(C)CCc2cnc(N)cc21. The second-order valence-corrected chi connectivity index (χ2v) is 4.15. The quantitative estimate of drug-likeness (QED) is 0.632. The van der Waals surface area contributed by atoms with Crippen LogP contribution in [0.3, 0.4) is 0 Å². The number of aryl methyl sites for hydroxylation is 1. The van der Waals surface area contributed by atoms with Crippen molar-refractivity contribution in [2.75, 3.05) is 5.73 Å². The highest BCUT2D eigenvalue weighted by atomic mass is 14.8. The van der Waals surface area contributed by atoms with Gasteiger partial charge in [-0.1, -0.05) is 13.8 Å². The monoisotopic (exact) mass is 162 g/mol. The summed E-state index contributed by atoms with van der Waals surface area (Å²) in [4.78, 5) is 4.09. The average Bonchev–Trinajstić information content (AvgIpc) is 2.28. The minimum Gasteiger partial charge on any atom is -0.384 e. The Bertz CT molecular complexity index is 316. The maximum Gasteiger partial charge on any atom is 0.123 e. The van der Waals surface area contributed by atoms with E-state index in [-0.39, 0.29) is 0 Å². The molecule has 0 aromatic carbocycles. The summed E-state index contributed by atoms with van der Waals surface area (Å²) in [5.74, 6) is 0.642. The number of fused-ring (bicyclic) bond motifs is 1. The van der Waals surface area contributed by atoms with Crippen molar-refractivity contribution < 1.29 is 0 Å². The molecule has 0 saturated carbocycles. The molecule has 0 amide bonds. The number of anilines is 1. The topological polar surface area (TPSA) is 38.9 Å². The van der Waals surface area contributed by atoms with Crippen LogP contribution < -0.4 is 5.73 Å². The molecule has 0 unspecified atom stereocenters. The van der Waals surface area contributed by atoms with Gasteiger partial charge in [-0.25, -0.2) is 4.98 Å². The summed E-state index contributed by atoms with van der Waals surface area (Å²) < 4.78 is 0. The Morgan fingerprint density at radius 3 is 3.00 bits per heavy atom. The summed E-state index contributed by atoms with van der Waals surface area (Å²) in [5.41, 5.74) is 8.69. The first kappa shape index (κ1) is 7.59. The smallest absolute Gasteiger partial charge is 0.123 e. The number of rotatable bonds is 0. The van der Waals surface area contributed by atoms with Gasteiger partial charge in [-0.2, -0.15) is 0 Å². The van der Waals surface area contributed by atoms with Gasteiger partial charge >= 0.3 is 0 Å². The Labute approximate surface area is 72.8 Å². The predicted molar refractivity (Wildman–Crippen MR) is 50.0 cm³/mol. The molecule has 12 heavy (non-hydrogen) atoms. The van der Waals surface area contributed by atoms with Crippen LogP contribution in [0.1, 0.15) is 31.4 Å². The van der Waals surface area contributed by atoms with Crippen molar-refractivity contribution in [3.05, 3.63) is 23.4 Å². The standard InChI is InChI=1S/C10H14N2/c1-10(2)4-3-7-6-12-9(11)5-8(7)10/h5-6H,3-4H2,1-2H3,(H2,11,12). The minimum atomic E-state index is 0.298. The van der Waals surface area contributed by atoms with Gasteiger partial charge in [0.15, 0.2) is 0 Å². The lowest BCUT2D eigenvalue weighted by molar-refractivity contribution is 0.522. The van der Waals surface area contributed by atoms with E-state index in [1.165, 1.54) is 17.5 Å². The molecule has 1 heterocycles. The van der Waals surface area contributed by atoms with E-state index >= 15 is 0 Å². The number of nitrogens with zero attached hydrogens (tertiary/aromatic N) is 1. The number of pyridine rings is 1. The lowest BCUT2D eigenvalue weighted by Crippen LogP contribution is -2.12. The molecule has 0 bridgehead atoms. The van der Waals surface area contributed by atoms with E-state index < -0.39 is 0 Å². The van der Waals surface area contributed by atoms with Crippen molar-refractivity contribution in [2.45, 2.75) is 32.1 Å². The Morgan fingerprint density at radius 1 is 1.50 bits per heavy atom. The van der Waals surface area contributed by atoms with Crippen LogP contribution in [-0.2, 0) is 11.8 Å². The third-order valence-electron chi connectivity index (χ3n) is 2.76. The summed E-state index contributed by atoms with van der Waals surface area (Å²) in [6.45, 7) is 4.52. The fraction of sp³-hybridized carbons (Fsp3) is 0.500. The Balaban J connectivity index is 2.57. The zero-order valence-corrected chi connectivity index (χ0v) is 7.59. The van der Waals surface area contributed by atoms with Crippen molar-refractivity contribution in [1.29, 1.82) is 0 Å². The summed E-state index contributed by atoms with van der Waals surface area (Å²) in [7, 11) is 0. The van der Waals surface area contributed by atoms with E-state index in [1.54, 1.807) is 0 Å². The maximum absolute atomic E-state index is 5.64. The Morgan fingerprint density at radius 2 is 2.25 bits per heavy atom. The van der Waals surface area contributed by atoms with Gasteiger partial charge in [-0.05, 0) is 35.4 Å². The summed E-state index contributed by atoms with van der Waals surface area (Å²) in [6, 6.07) is 2.02. The van der Waals surface area contributed by atoms with Crippen molar-refractivity contribution in [2.24, 2.45) is 0 Å². The third-order valence-corrected chi connectivity index (χ3v) is 2.76. The molecular formula is C10H14N2. The molecule has 2 nitrogen and oxygen atoms in total. The first-order valence-corrected chi connectivity index (χ1v) is 4.34. The van der Waals surface area contributed by atoms with E-state index in [9.17, 15) is 0 Å². The van der Waals surface area contributed by atoms with E-state index in [0.717, 1.165) is 6.42 Å². The van der Waals surface area contributed by atoms with Gasteiger partial charge in [0.25, 0.3) is 0 Å². The lowest BCUT2D eigenvalue weighted by Gasteiger charge is -2.18. The van der Waals surface area contributed by atoms with Gasteiger partial charge in [0.2, 0.25) is 0 Å². The molecule has 0 radical (unpaired) electrons. The molecule has 1 aliphatic rings. The second-order valence-electron chi connectivity index (χ2n) is 4.15. The van der Waals surface area contributed by atoms with Crippen molar-refractivity contribution in [3.63, 3.8) is 0 Å². The van der Waals surface area contributed by atoms with Gasteiger partial charge in [0, 0.05) is 6.20 Å². The lowest BCUT2D eigenvalue weighted by atomic mass is 9.87. The van der Waals surface area contributed by atoms with Crippen molar-refractivity contribution >= 4 is 5.82 Å². The first-order valence-electron chi connectivity index (χ1n) is 4.34. The largest absolute Gasteiger partial charge is 0.384 e. The number of aromatic nitrogens is 1. The Kier molecular flexibility index (Phi) is 1.40. The molecule has 2 rings (SSSR count). The van der Waals surface area contributed by atoms with Gasteiger partial charge < -0.3 is 5.73 Å². The molecule has 1 aliphatic carbocycles.